The van der Waals surface area contributed by atoms with Crippen LogP contribution in [-0.2, 0) is 4.79 Å². The maximum Gasteiger partial charge on any atom is 0.234 e. The maximum atomic E-state index is 12.5. The van der Waals surface area contributed by atoms with E-state index >= 15 is 0 Å². The minimum Gasteiger partial charge on any atom is -0.372 e. The van der Waals surface area contributed by atoms with Gasteiger partial charge in [0, 0.05) is 24.5 Å². The molecule has 0 spiro atoms. The molecule has 0 radical (unpaired) electrons. The molecular weight excluding hydrogens is 406 g/mol. The van der Waals surface area contributed by atoms with Crippen molar-refractivity contribution in [3.63, 3.8) is 0 Å². The minimum atomic E-state index is -0.0531. The molecule has 0 aliphatic carbocycles. The Kier molecular flexibility index (Phi) is 6.92. The average molecular weight is 436 g/mol. The fourth-order valence-electron chi connectivity index (χ4n) is 3.98. The van der Waals surface area contributed by atoms with Gasteiger partial charge in [0.25, 0.3) is 0 Å². The van der Waals surface area contributed by atoms with E-state index in [1.807, 2.05) is 16.7 Å². The Bertz CT molecular complexity index is 1020. The monoisotopic (exact) mass is 435 g/mol. The van der Waals surface area contributed by atoms with Crippen molar-refractivity contribution >= 4 is 29.0 Å². The molecule has 1 N–H and O–H groups in total. The van der Waals surface area contributed by atoms with E-state index in [2.05, 4.69) is 64.6 Å². The Balaban J connectivity index is 1.34. The molecule has 3 aromatic rings. The molecule has 1 saturated heterocycles. The second kappa shape index (κ2) is 10.0. The molecule has 7 heteroatoms. The van der Waals surface area contributed by atoms with Crippen molar-refractivity contribution in [2.75, 3.05) is 29.1 Å². The zero-order valence-electron chi connectivity index (χ0n) is 18.2. The van der Waals surface area contributed by atoms with Crippen molar-refractivity contribution in [1.82, 2.24) is 14.8 Å². The Hall–Kier alpha value is -2.80. The summed E-state index contributed by atoms with van der Waals surface area (Å²) in [5, 5.41) is 11.9. The number of aromatic nitrogens is 3. The van der Waals surface area contributed by atoms with E-state index in [-0.39, 0.29) is 11.7 Å². The first-order valence-electron chi connectivity index (χ1n) is 10.9. The molecule has 1 aliphatic heterocycles. The second-order valence-electron chi connectivity index (χ2n) is 8.06. The van der Waals surface area contributed by atoms with Gasteiger partial charge in [0.05, 0.1) is 11.4 Å². The van der Waals surface area contributed by atoms with Crippen molar-refractivity contribution in [1.29, 1.82) is 0 Å². The molecule has 162 valence electrons. The van der Waals surface area contributed by atoms with E-state index in [4.69, 9.17) is 0 Å². The van der Waals surface area contributed by atoms with Crippen LogP contribution in [0.25, 0.3) is 5.69 Å². The van der Waals surface area contributed by atoms with Gasteiger partial charge in [0.2, 0.25) is 5.91 Å². The topological polar surface area (TPSA) is 63.1 Å². The molecule has 0 unspecified atom stereocenters. The van der Waals surface area contributed by atoms with E-state index in [0.717, 1.165) is 30.0 Å². The molecule has 1 aromatic heterocycles. The first-order chi connectivity index (χ1) is 15.1. The summed E-state index contributed by atoms with van der Waals surface area (Å²) in [7, 11) is 0. The average Bonchev–Trinajstić information content (AvgIpc) is 3.05. The fraction of sp³-hybridized carbons (Fsp3) is 0.375. The molecule has 6 nitrogen and oxygen atoms in total. The molecule has 2 aromatic carbocycles. The third kappa shape index (κ3) is 5.47. The lowest BCUT2D eigenvalue weighted by Crippen LogP contribution is -2.23. The van der Waals surface area contributed by atoms with Gasteiger partial charge >= 0.3 is 0 Å². The molecule has 4 rings (SSSR count). The highest BCUT2D eigenvalue weighted by Crippen LogP contribution is 2.24. The molecular formula is C24H29N5OS. The Morgan fingerprint density at radius 2 is 1.77 bits per heavy atom. The zero-order chi connectivity index (χ0) is 21.6. The van der Waals surface area contributed by atoms with Crippen LogP contribution < -0.4 is 10.2 Å². The zero-order valence-corrected chi connectivity index (χ0v) is 19.0. The smallest absolute Gasteiger partial charge is 0.234 e. The van der Waals surface area contributed by atoms with Crippen LogP contribution >= 0.6 is 11.8 Å². The molecule has 0 atom stereocenters. The summed E-state index contributed by atoms with van der Waals surface area (Å²) < 4.78 is 1.93. The first-order valence-corrected chi connectivity index (χ1v) is 11.8. The largest absolute Gasteiger partial charge is 0.372 e. The van der Waals surface area contributed by atoms with Crippen LogP contribution in [-0.4, -0.2) is 39.5 Å². The van der Waals surface area contributed by atoms with E-state index in [1.165, 1.54) is 48.7 Å². The number of carbonyl (C=O) groups is 1. The van der Waals surface area contributed by atoms with Crippen LogP contribution in [0.15, 0.2) is 53.9 Å². The van der Waals surface area contributed by atoms with E-state index in [9.17, 15) is 4.79 Å². The number of nitrogens with one attached hydrogen (secondary N) is 1. The van der Waals surface area contributed by atoms with Gasteiger partial charge in [-0.2, -0.15) is 0 Å². The SMILES string of the molecule is Cc1ccc(-n2cnnc2SCC(=O)Nc2ccc(N3CCCCCC3)cc2)c(C)c1. The third-order valence-electron chi connectivity index (χ3n) is 5.58. The van der Waals surface area contributed by atoms with Gasteiger partial charge in [-0.05, 0) is 62.6 Å². The van der Waals surface area contributed by atoms with Crippen molar-refractivity contribution in [2.24, 2.45) is 0 Å². The molecule has 0 bridgehead atoms. The number of benzene rings is 2. The van der Waals surface area contributed by atoms with Crippen LogP contribution in [0.4, 0.5) is 11.4 Å². The quantitative estimate of drug-likeness (QED) is 0.552. The van der Waals surface area contributed by atoms with Crippen molar-refractivity contribution in [3.8, 4) is 5.69 Å². The molecule has 0 saturated carbocycles. The number of hydrogen-bond donors (Lipinski definition) is 1. The van der Waals surface area contributed by atoms with Crippen LogP contribution in [0.3, 0.4) is 0 Å². The summed E-state index contributed by atoms with van der Waals surface area (Å²) in [6.45, 7) is 6.37. The van der Waals surface area contributed by atoms with Gasteiger partial charge in [0.1, 0.15) is 6.33 Å². The molecule has 2 heterocycles. The molecule has 1 amide bonds. The number of carbonyl (C=O) groups excluding carboxylic acids is 1. The van der Waals surface area contributed by atoms with Crippen molar-refractivity contribution in [3.05, 3.63) is 59.9 Å². The maximum absolute atomic E-state index is 12.5. The normalized spacial score (nSPS) is 14.3. The van der Waals surface area contributed by atoms with E-state index in [0.29, 0.717) is 5.16 Å². The number of amides is 1. The van der Waals surface area contributed by atoms with Crippen LogP contribution in [0.5, 0.6) is 0 Å². The van der Waals surface area contributed by atoms with Crippen LogP contribution in [0.1, 0.15) is 36.8 Å². The lowest BCUT2D eigenvalue weighted by molar-refractivity contribution is -0.113. The predicted molar refractivity (Wildman–Crippen MR) is 127 cm³/mol. The number of aryl methyl sites for hydroxylation is 2. The van der Waals surface area contributed by atoms with Crippen molar-refractivity contribution in [2.45, 2.75) is 44.7 Å². The number of thioether (sulfide) groups is 1. The van der Waals surface area contributed by atoms with Crippen molar-refractivity contribution < 1.29 is 4.79 Å². The molecule has 31 heavy (non-hydrogen) atoms. The highest BCUT2D eigenvalue weighted by molar-refractivity contribution is 7.99. The number of anilines is 2. The van der Waals surface area contributed by atoms with Gasteiger partial charge in [-0.1, -0.05) is 42.3 Å². The summed E-state index contributed by atoms with van der Waals surface area (Å²) in [6.07, 6.45) is 6.84. The number of hydrogen-bond acceptors (Lipinski definition) is 5. The van der Waals surface area contributed by atoms with Crippen LogP contribution in [0.2, 0.25) is 0 Å². The summed E-state index contributed by atoms with van der Waals surface area (Å²) in [6, 6.07) is 14.4. The predicted octanol–water partition coefficient (Wildman–Crippen LogP) is 5.00. The second-order valence-corrected chi connectivity index (χ2v) is 9.00. The summed E-state index contributed by atoms with van der Waals surface area (Å²) in [5.41, 5.74) is 5.44. The van der Waals surface area contributed by atoms with Gasteiger partial charge in [0.15, 0.2) is 5.16 Å². The summed E-state index contributed by atoms with van der Waals surface area (Å²) in [4.78, 5) is 14.9. The number of nitrogens with zero attached hydrogens (tertiary/aromatic N) is 4. The Labute approximate surface area is 188 Å². The lowest BCUT2D eigenvalue weighted by Gasteiger charge is -2.22. The van der Waals surface area contributed by atoms with Gasteiger partial charge < -0.3 is 10.2 Å². The Morgan fingerprint density at radius 1 is 1.03 bits per heavy atom. The fourth-order valence-corrected chi connectivity index (χ4v) is 4.70. The highest BCUT2D eigenvalue weighted by Gasteiger charge is 2.13. The first kappa shape index (κ1) is 21.4. The number of rotatable bonds is 6. The minimum absolute atomic E-state index is 0.0531. The molecule has 1 fully saturated rings. The summed E-state index contributed by atoms with van der Waals surface area (Å²) >= 11 is 1.39. The van der Waals surface area contributed by atoms with Crippen LogP contribution in [0, 0.1) is 13.8 Å². The van der Waals surface area contributed by atoms with Gasteiger partial charge in [-0.15, -0.1) is 10.2 Å². The summed E-state index contributed by atoms with van der Waals surface area (Å²) in [5.74, 6) is 0.222. The van der Waals surface area contributed by atoms with Gasteiger partial charge in [-0.3, -0.25) is 9.36 Å². The van der Waals surface area contributed by atoms with E-state index in [1.54, 1.807) is 6.33 Å². The Morgan fingerprint density at radius 3 is 2.48 bits per heavy atom. The standard InChI is InChI=1S/C24H29N5OS/c1-18-7-12-22(19(2)15-18)29-17-25-27-24(29)31-16-23(30)26-20-8-10-21(11-9-20)28-13-5-3-4-6-14-28/h7-12,15,17H,3-6,13-14,16H2,1-2H3,(H,26,30). The highest BCUT2D eigenvalue weighted by atomic mass is 32.2. The van der Waals surface area contributed by atoms with Gasteiger partial charge in [-0.25, -0.2) is 0 Å². The molecule has 1 aliphatic rings. The lowest BCUT2D eigenvalue weighted by atomic mass is 10.1. The third-order valence-corrected chi connectivity index (χ3v) is 6.53. The van der Waals surface area contributed by atoms with E-state index < -0.39 is 0 Å².